The van der Waals surface area contributed by atoms with Crippen LogP contribution in [0.5, 0.6) is 5.75 Å². The van der Waals surface area contributed by atoms with Crippen molar-refractivity contribution in [1.82, 2.24) is 0 Å². The van der Waals surface area contributed by atoms with Crippen molar-refractivity contribution in [3.8, 4) is 5.75 Å². The van der Waals surface area contributed by atoms with Gasteiger partial charge in [-0.3, -0.25) is 0 Å². The maximum Gasteiger partial charge on any atom is 1.00 e. The molecule has 0 radical (unpaired) electrons. The van der Waals surface area contributed by atoms with Crippen molar-refractivity contribution >= 4 is 0 Å². The average Bonchev–Trinajstić information content (AvgIpc) is 1.89. The molecule has 0 fully saturated rings. The second-order valence-electron chi connectivity index (χ2n) is 1.98. The standard InChI is InChI=1S/C8H10O.Li.H/c1-2-7-5-3-4-6-8(7)9;;/h3-6,9H,2H2,1H3;;/q;+1;-1. The number of aryl methyl sites for hydroxylation is 1. The van der Waals surface area contributed by atoms with Gasteiger partial charge in [-0.1, -0.05) is 25.1 Å². The van der Waals surface area contributed by atoms with Crippen molar-refractivity contribution in [2.24, 2.45) is 0 Å². The second kappa shape index (κ2) is 4.44. The fraction of sp³-hybridized carbons (Fsp3) is 0.250. The fourth-order valence-electron chi connectivity index (χ4n) is 0.810. The Labute approximate surface area is 74.7 Å². The van der Waals surface area contributed by atoms with Crippen molar-refractivity contribution in [2.45, 2.75) is 13.3 Å². The molecule has 0 unspecified atom stereocenters. The van der Waals surface area contributed by atoms with Crippen molar-refractivity contribution in [2.75, 3.05) is 0 Å². The van der Waals surface area contributed by atoms with Crippen LogP contribution in [0.2, 0.25) is 0 Å². The molecule has 1 N–H and O–H groups in total. The maximum atomic E-state index is 9.11. The zero-order chi connectivity index (χ0) is 6.69. The molecule has 0 amide bonds. The Morgan fingerprint density at radius 3 is 2.40 bits per heavy atom. The first-order chi connectivity index (χ1) is 4.34. The van der Waals surface area contributed by atoms with Gasteiger partial charge in [0.25, 0.3) is 0 Å². The van der Waals surface area contributed by atoms with Crippen molar-refractivity contribution < 1.29 is 25.4 Å². The minimum Gasteiger partial charge on any atom is -1.00 e. The zero-order valence-electron chi connectivity index (χ0n) is 7.46. The summed E-state index contributed by atoms with van der Waals surface area (Å²) >= 11 is 0. The van der Waals surface area contributed by atoms with Gasteiger partial charge in [0.15, 0.2) is 0 Å². The van der Waals surface area contributed by atoms with Crippen LogP contribution in [0.3, 0.4) is 0 Å². The van der Waals surface area contributed by atoms with E-state index >= 15 is 0 Å². The van der Waals surface area contributed by atoms with Gasteiger partial charge < -0.3 is 6.53 Å². The maximum absolute atomic E-state index is 9.11. The van der Waals surface area contributed by atoms with Gasteiger partial charge in [0.05, 0.1) is 0 Å². The van der Waals surface area contributed by atoms with Crippen LogP contribution in [0.4, 0.5) is 0 Å². The molecule has 0 aliphatic carbocycles. The summed E-state index contributed by atoms with van der Waals surface area (Å²) in [4.78, 5) is 0. The van der Waals surface area contributed by atoms with E-state index in [1.807, 2.05) is 25.1 Å². The Hall–Kier alpha value is -0.383. The number of benzene rings is 1. The molecule has 0 aromatic heterocycles. The van der Waals surface area contributed by atoms with Gasteiger partial charge in [0, 0.05) is 0 Å². The summed E-state index contributed by atoms with van der Waals surface area (Å²) in [5.41, 5.74) is 1.01. The molecular weight excluding hydrogens is 119 g/mol. The third-order valence-corrected chi connectivity index (χ3v) is 1.37. The van der Waals surface area contributed by atoms with Gasteiger partial charge in [-0.15, -0.1) is 0 Å². The molecule has 0 spiro atoms. The minimum absolute atomic E-state index is 0. The first-order valence-electron chi connectivity index (χ1n) is 3.11. The van der Waals surface area contributed by atoms with E-state index in [1.165, 1.54) is 0 Å². The quantitative estimate of drug-likeness (QED) is 0.487. The zero-order valence-corrected chi connectivity index (χ0v) is 6.46. The number of hydrogen-bond donors (Lipinski definition) is 1. The summed E-state index contributed by atoms with van der Waals surface area (Å²) in [6, 6.07) is 7.39. The van der Waals surface area contributed by atoms with Crippen molar-refractivity contribution in [1.29, 1.82) is 0 Å². The van der Waals surface area contributed by atoms with Crippen molar-refractivity contribution in [3.05, 3.63) is 29.8 Å². The molecule has 0 bridgehead atoms. The third kappa shape index (κ3) is 2.10. The normalized spacial score (nSPS) is 8.50. The molecule has 2 heteroatoms. The fourth-order valence-corrected chi connectivity index (χ4v) is 0.810. The molecule has 0 saturated heterocycles. The van der Waals surface area contributed by atoms with Crippen LogP contribution in [0.15, 0.2) is 24.3 Å². The predicted octanol–water partition coefficient (Wildman–Crippen LogP) is -0.929. The molecule has 0 saturated carbocycles. The first-order valence-corrected chi connectivity index (χ1v) is 3.11. The summed E-state index contributed by atoms with van der Waals surface area (Å²) < 4.78 is 0. The van der Waals surface area contributed by atoms with Gasteiger partial charge in [-0.05, 0) is 18.1 Å². The van der Waals surface area contributed by atoms with E-state index in [4.69, 9.17) is 5.11 Å². The molecule has 0 aliphatic rings. The van der Waals surface area contributed by atoms with E-state index in [1.54, 1.807) is 6.07 Å². The van der Waals surface area contributed by atoms with Gasteiger partial charge >= 0.3 is 18.9 Å². The van der Waals surface area contributed by atoms with Crippen LogP contribution in [-0.4, -0.2) is 5.11 Å². The van der Waals surface area contributed by atoms with Crippen LogP contribution >= 0.6 is 0 Å². The topological polar surface area (TPSA) is 20.2 Å². The molecule has 10 heavy (non-hydrogen) atoms. The molecule has 1 aromatic rings. The van der Waals surface area contributed by atoms with E-state index in [2.05, 4.69) is 0 Å². The monoisotopic (exact) mass is 130 g/mol. The number of aromatic hydroxyl groups is 1. The molecule has 0 heterocycles. The number of phenolic OH excluding ortho intramolecular Hbond substituents is 1. The van der Waals surface area contributed by atoms with E-state index in [0.717, 1.165) is 12.0 Å². The Morgan fingerprint density at radius 2 is 2.00 bits per heavy atom. The molecule has 1 nitrogen and oxygen atoms in total. The number of para-hydroxylation sites is 1. The van der Waals surface area contributed by atoms with Crippen LogP contribution in [0.1, 0.15) is 13.9 Å². The second-order valence-corrected chi connectivity index (χ2v) is 1.98. The Balaban J connectivity index is 0. The molecule has 1 rings (SSSR count). The van der Waals surface area contributed by atoms with Crippen molar-refractivity contribution in [3.63, 3.8) is 0 Å². The van der Waals surface area contributed by atoms with Gasteiger partial charge in [0.1, 0.15) is 5.75 Å². The van der Waals surface area contributed by atoms with E-state index < -0.39 is 0 Å². The first kappa shape index (κ1) is 9.62. The SMILES string of the molecule is CCc1ccccc1O.[H-].[Li+]. The Bertz CT molecular complexity index is 203. The third-order valence-electron chi connectivity index (χ3n) is 1.37. The summed E-state index contributed by atoms with van der Waals surface area (Å²) in [5, 5.41) is 9.11. The van der Waals surface area contributed by atoms with Crippen LogP contribution in [0.25, 0.3) is 0 Å². The number of rotatable bonds is 1. The molecule has 0 aliphatic heterocycles. The van der Waals surface area contributed by atoms with E-state index in [9.17, 15) is 0 Å². The largest absolute Gasteiger partial charge is 1.00 e. The van der Waals surface area contributed by atoms with E-state index in [-0.39, 0.29) is 20.3 Å². The average molecular weight is 130 g/mol. The Kier molecular flexibility index (Phi) is 4.27. The Morgan fingerprint density at radius 1 is 1.40 bits per heavy atom. The van der Waals surface area contributed by atoms with Gasteiger partial charge in [0.2, 0.25) is 0 Å². The summed E-state index contributed by atoms with van der Waals surface area (Å²) in [5.74, 6) is 0.403. The minimum atomic E-state index is 0. The summed E-state index contributed by atoms with van der Waals surface area (Å²) in [6.45, 7) is 2.02. The predicted molar refractivity (Wildman–Crippen MR) is 38.6 cm³/mol. The van der Waals surface area contributed by atoms with Gasteiger partial charge in [-0.25, -0.2) is 0 Å². The van der Waals surface area contributed by atoms with Crippen LogP contribution in [0, 0.1) is 0 Å². The summed E-state index contributed by atoms with van der Waals surface area (Å²) in [7, 11) is 0. The molecule has 50 valence electrons. The smallest absolute Gasteiger partial charge is 1.00 e. The molecule has 1 aromatic carbocycles. The molecular formula is C8H11LiO. The van der Waals surface area contributed by atoms with E-state index in [0.29, 0.717) is 5.75 Å². The van der Waals surface area contributed by atoms with Crippen LogP contribution < -0.4 is 18.9 Å². The van der Waals surface area contributed by atoms with Gasteiger partial charge in [-0.2, -0.15) is 0 Å². The number of phenols is 1. The molecule has 0 atom stereocenters. The summed E-state index contributed by atoms with van der Waals surface area (Å²) in [6.07, 6.45) is 0.896. The number of hydrogen-bond acceptors (Lipinski definition) is 1. The van der Waals surface area contributed by atoms with Crippen LogP contribution in [-0.2, 0) is 6.42 Å².